The SMILES string of the molecule is CN1CCCC(N(C)S(=O)(=O)c2ccc(CO)o2)C1. The van der Waals surface area contributed by atoms with E-state index in [1.165, 1.54) is 16.4 Å². The van der Waals surface area contributed by atoms with E-state index in [9.17, 15) is 8.42 Å². The van der Waals surface area contributed by atoms with Crippen molar-refractivity contribution in [3.8, 4) is 0 Å². The number of piperidine rings is 1. The standard InChI is InChI=1S/C12H20N2O4S/c1-13-7-3-4-10(8-13)14(2)19(16,17)12-6-5-11(9-15)18-12/h5-6,10,15H,3-4,7-9H2,1-2H3. The van der Waals surface area contributed by atoms with Gasteiger partial charge >= 0.3 is 0 Å². The second kappa shape index (κ2) is 5.62. The van der Waals surface area contributed by atoms with Crippen LogP contribution in [0.15, 0.2) is 21.6 Å². The van der Waals surface area contributed by atoms with Crippen LogP contribution in [0.5, 0.6) is 0 Å². The van der Waals surface area contributed by atoms with Gasteiger partial charge in [-0.1, -0.05) is 0 Å². The molecule has 0 spiro atoms. The molecule has 6 nitrogen and oxygen atoms in total. The summed E-state index contributed by atoms with van der Waals surface area (Å²) in [5, 5.41) is 8.83. The van der Waals surface area contributed by atoms with Crippen molar-refractivity contribution in [1.82, 2.24) is 9.21 Å². The van der Waals surface area contributed by atoms with Gasteiger partial charge in [-0.2, -0.15) is 4.31 Å². The van der Waals surface area contributed by atoms with Crippen LogP contribution in [-0.4, -0.2) is 56.0 Å². The van der Waals surface area contributed by atoms with Gasteiger partial charge in [-0.05, 0) is 38.6 Å². The first-order chi connectivity index (χ1) is 8.95. The van der Waals surface area contributed by atoms with Crippen molar-refractivity contribution in [2.75, 3.05) is 27.2 Å². The fraction of sp³-hybridized carbons (Fsp3) is 0.667. The zero-order chi connectivity index (χ0) is 14.0. The van der Waals surface area contributed by atoms with E-state index in [4.69, 9.17) is 9.52 Å². The lowest BCUT2D eigenvalue weighted by Crippen LogP contribution is -2.47. The first kappa shape index (κ1) is 14.5. The molecule has 0 bridgehead atoms. The average Bonchev–Trinajstić information content (AvgIpc) is 2.87. The Morgan fingerprint density at radius 1 is 1.53 bits per heavy atom. The maximum Gasteiger partial charge on any atom is 0.276 e. The summed E-state index contributed by atoms with van der Waals surface area (Å²) in [5.41, 5.74) is 0. The van der Waals surface area contributed by atoms with E-state index in [-0.39, 0.29) is 23.5 Å². The molecule has 108 valence electrons. The van der Waals surface area contributed by atoms with Crippen LogP contribution in [0.25, 0.3) is 0 Å². The number of hydrogen-bond donors (Lipinski definition) is 1. The van der Waals surface area contributed by atoms with Crippen LogP contribution in [0.4, 0.5) is 0 Å². The van der Waals surface area contributed by atoms with Gasteiger partial charge in [-0.15, -0.1) is 0 Å². The molecule has 1 aliphatic heterocycles. The Hall–Kier alpha value is -0.890. The van der Waals surface area contributed by atoms with Gasteiger partial charge in [0.1, 0.15) is 12.4 Å². The fourth-order valence-electron chi connectivity index (χ4n) is 2.36. The highest BCUT2D eigenvalue weighted by molar-refractivity contribution is 7.89. The minimum absolute atomic E-state index is 0.0357. The van der Waals surface area contributed by atoms with Gasteiger partial charge < -0.3 is 14.4 Å². The number of nitrogens with zero attached hydrogens (tertiary/aromatic N) is 2. The maximum absolute atomic E-state index is 12.4. The van der Waals surface area contributed by atoms with Gasteiger partial charge in [0.15, 0.2) is 0 Å². The second-order valence-corrected chi connectivity index (χ2v) is 6.89. The molecule has 7 heteroatoms. The Labute approximate surface area is 113 Å². The number of hydrogen-bond acceptors (Lipinski definition) is 5. The normalized spacial score (nSPS) is 22.0. The zero-order valence-electron chi connectivity index (χ0n) is 11.2. The van der Waals surface area contributed by atoms with Crippen molar-refractivity contribution in [1.29, 1.82) is 0 Å². The van der Waals surface area contributed by atoms with Crippen LogP contribution in [-0.2, 0) is 16.6 Å². The first-order valence-corrected chi connectivity index (χ1v) is 7.75. The minimum Gasteiger partial charge on any atom is -0.446 e. The molecule has 1 aliphatic rings. The molecule has 1 aromatic heterocycles. The monoisotopic (exact) mass is 288 g/mol. The van der Waals surface area contributed by atoms with Crippen LogP contribution < -0.4 is 0 Å². The summed E-state index contributed by atoms with van der Waals surface area (Å²) in [6.07, 6.45) is 1.84. The van der Waals surface area contributed by atoms with Crippen LogP contribution in [0, 0.1) is 0 Å². The molecular weight excluding hydrogens is 268 g/mol. The zero-order valence-corrected chi connectivity index (χ0v) is 12.1. The number of likely N-dealkylation sites (N-methyl/N-ethyl adjacent to an activating group) is 2. The summed E-state index contributed by atoms with van der Waals surface area (Å²) in [5.74, 6) is 0.257. The molecule has 1 fully saturated rings. The molecule has 0 amide bonds. The largest absolute Gasteiger partial charge is 0.446 e. The van der Waals surface area contributed by atoms with Crippen molar-refractivity contribution in [2.45, 2.75) is 30.6 Å². The number of aliphatic hydroxyl groups excluding tert-OH is 1. The highest BCUT2D eigenvalue weighted by Crippen LogP contribution is 2.23. The van der Waals surface area contributed by atoms with Gasteiger partial charge in [0.05, 0.1) is 0 Å². The van der Waals surface area contributed by atoms with Crippen molar-refractivity contribution in [3.05, 3.63) is 17.9 Å². The third-order valence-corrected chi connectivity index (χ3v) is 5.32. The molecule has 0 aliphatic carbocycles. The number of aliphatic hydroxyl groups is 1. The predicted octanol–water partition coefficient (Wildman–Crippen LogP) is 0.487. The van der Waals surface area contributed by atoms with E-state index < -0.39 is 10.0 Å². The summed E-state index contributed by atoms with van der Waals surface area (Å²) >= 11 is 0. The van der Waals surface area contributed by atoms with Crippen LogP contribution in [0.3, 0.4) is 0 Å². The second-order valence-electron chi connectivity index (χ2n) is 4.96. The molecule has 19 heavy (non-hydrogen) atoms. The fourth-order valence-corrected chi connectivity index (χ4v) is 3.66. The van der Waals surface area contributed by atoms with E-state index in [0.29, 0.717) is 0 Å². The van der Waals surface area contributed by atoms with Crippen molar-refractivity contribution in [2.24, 2.45) is 0 Å². The van der Waals surface area contributed by atoms with Crippen LogP contribution >= 0.6 is 0 Å². The predicted molar refractivity (Wildman–Crippen MR) is 70.1 cm³/mol. The lowest BCUT2D eigenvalue weighted by atomic mass is 10.1. The van der Waals surface area contributed by atoms with E-state index in [1.807, 2.05) is 7.05 Å². The topological polar surface area (TPSA) is 74.0 Å². The third-order valence-electron chi connectivity index (χ3n) is 3.54. The van der Waals surface area contributed by atoms with E-state index >= 15 is 0 Å². The summed E-state index contributed by atoms with van der Waals surface area (Å²) < 4.78 is 31.3. The van der Waals surface area contributed by atoms with Crippen molar-refractivity contribution in [3.63, 3.8) is 0 Å². The Balaban J connectivity index is 2.18. The van der Waals surface area contributed by atoms with Crippen molar-refractivity contribution >= 4 is 10.0 Å². The van der Waals surface area contributed by atoms with E-state index in [0.717, 1.165) is 25.9 Å². The van der Waals surface area contributed by atoms with Gasteiger partial charge in [0, 0.05) is 19.6 Å². The summed E-state index contributed by atoms with van der Waals surface area (Å²) in [4.78, 5) is 2.13. The number of rotatable bonds is 4. The molecule has 1 atom stereocenters. The van der Waals surface area contributed by atoms with Crippen LogP contribution in [0.1, 0.15) is 18.6 Å². The lowest BCUT2D eigenvalue weighted by molar-refractivity contribution is 0.185. The summed E-state index contributed by atoms with van der Waals surface area (Å²) in [6, 6.07) is 2.84. The minimum atomic E-state index is -3.62. The average molecular weight is 288 g/mol. The van der Waals surface area contributed by atoms with E-state index in [1.54, 1.807) is 7.05 Å². The Bertz CT molecular complexity index is 526. The van der Waals surface area contributed by atoms with Gasteiger partial charge in [-0.25, -0.2) is 8.42 Å². The number of sulfonamides is 1. The quantitative estimate of drug-likeness (QED) is 0.872. The molecule has 1 unspecified atom stereocenters. The Morgan fingerprint density at radius 3 is 2.84 bits per heavy atom. The molecular formula is C12H20N2O4S. The van der Waals surface area contributed by atoms with Crippen molar-refractivity contribution < 1.29 is 17.9 Å². The molecule has 0 aromatic carbocycles. The highest BCUT2D eigenvalue weighted by atomic mass is 32.2. The molecule has 1 saturated heterocycles. The third kappa shape index (κ3) is 3.00. The molecule has 1 N–H and O–H groups in total. The number of likely N-dealkylation sites (tertiary alicyclic amines) is 1. The summed E-state index contributed by atoms with van der Waals surface area (Å²) in [7, 11) is -0.0493. The number of furan rings is 1. The first-order valence-electron chi connectivity index (χ1n) is 6.31. The van der Waals surface area contributed by atoms with Gasteiger partial charge in [0.25, 0.3) is 10.0 Å². The van der Waals surface area contributed by atoms with Gasteiger partial charge in [-0.3, -0.25) is 0 Å². The molecule has 1 aromatic rings. The van der Waals surface area contributed by atoms with Crippen LogP contribution in [0.2, 0.25) is 0 Å². The highest BCUT2D eigenvalue weighted by Gasteiger charge is 2.32. The molecule has 0 radical (unpaired) electrons. The molecule has 0 saturated carbocycles. The van der Waals surface area contributed by atoms with Gasteiger partial charge in [0.2, 0.25) is 5.09 Å². The Kier molecular flexibility index (Phi) is 4.29. The van der Waals surface area contributed by atoms with E-state index in [2.05, 4.69) is 4.90 Å². The Morgan fingerprint density at radius 2 is 2.26 bits per heavy atom. The maximum atomic E-state index is 12.4. The molecule has 2 rings (SSSR count). The molecule has 2 heterocycles. The lowest BCUT2D eigenvalue weighted by Gasteiger charge is -2.34. The summed E-state index contributed by atoms with van der Waals surface area (Å²) in [6.45, 7) is 1.43. The smallest absolute Gasteiger partial charge is 0.276 e.